The van der Waals surface area contributed by atoms with Crippen LogP contribution in [0.25, 0.3) is 0 Å². The minimum Gasteiger partial charge on any atom is -0.462 e. The molecule has 6 nitrogen and oxygen atoms in total. The summed E-state index contributed by atoms with van der Waals surface area (Å²) in [6, 6.07) is 10.0. The third-order valence-electron chi connectivity index (χ3n) is 6.06. The van der Waals surface area contributed by atoms with Gasteiger partial charge >= 0.3 is 5.97 Å². The van der Waals surface area contributed by atoms with Gasteiger partial charge in [0.1, 0.15) is 6.10 Å². The number of nitrogens with one attached hydrogen (secondary N) is 1. The molecule has 2 rings (SSSR count). The van der Waals surface area contributed by atoms with Crippen LogP contribution in [0.15, 0.2) is 54.6 Å². The number of aryl methyl sites for hydroxylation is 1. The minimum absolute atomic E-state index is 0.0545. The third kappa shape index (κ3) is 9.93. The average Bonchev–Trinajstić information content (AvgIpc) is 3.07. The van der Waals surface area contributed by atoms with Crippen LogP contribution >= 0.6 is 0 Å². The molecule has 1 aliphatic carbocycles. The Balaban J connectivity index is 1.91. The maximum Gasteiger partial charge on any atom is 0.302 e. The number of hydrogen-bond acceptors (Lipinski definition) is 5. The first kappa shape index (κ1) is 26.8. The molecular formula is C27H39NO5. The highest BCUT2D eigenvalue weighted by molar-refractivity contribution is 5.75. The van der Waals surface area contributed by atoms with Gasteiger partial charge < -0.3 is 20.3 Å². The molecule has 182 valence electrons. The molecule has 1 aromatic rings. The summed E-state index contributed by atoms with van der Waals surface area (Å²) in [4.78, 5) is 23.1. The molecule has 3 N–H and O–H groups in total. The van der Waals surface area contributed by atoms with E-state index in [-0.39, 0.29) is 29.8 Å². The first-order valence-electron chi connectivity index (χ1n) is 12.1. The predicted octanol–water partition coefficient (Wildman–Crippen LogP) is 3.72. The number of unbranched alkanes of at least 4 members (excludes halogenated alkanes) is 1. The number of aliphatic hydroxyl groups excluding tert-OH is 2. The average molecular weight is 458 g/mol. The lowest BCUT2D eigenvalue weighted by atomic mass is 9.89. The number of aliphatic hydroxyl groups is 2. The summed E-state index contributed by atoms with van der Waals surface area (Å²) in [5.41, 5.74) is 1.18. The number of carbonyl (C=O) groups is 2. The van der Waals surface area contributed by atoms with E-state index >= 15 is 0 Å². The van der Waals surface area contributed by atoms with E-state index in [1.807, 2.05) is 55.5 Å². The van der Waals surface area contributed by atoms with Gasteiger partial charge in [0.15, 0.2) is 0 Å². The van der Waals surface area contributed by atoms with E-state index in [0.29, 0.717) is 32.2 Å². The van der Waals surface area contributed by atoms with Crippen molar-refractivity contribution in [3.8, 4) is 0 Å². The van der Waals surface area contributed by atoms with Gasteiger partial charge in [-0.25, -0.2) is 0 Å². The van der Waals surface area contributed by atoms with Crippen LogP contribution in [0.2, 0.25) is 0 Å². The molecule has 1 saturated carbocycles. The second-order valence-corrected chi connectivity index (χ2v) is 8.72. The number of hydrogen-bond donors (Lipinski definition) is 3. The fraction of sp³-hybridized carbons (Fsp3) is 0.556. The van der Waals surface area contributed by atoms with Crippen molar-refractivity contribution < 1.29 is 24.5 Å². The number of ether oxygens (including phenoxy) is 1. The number of rotatable bonds is 13. The summed E-state index contributed by atoms with van der Waals surface area (Å²) in [6.07, 6.45) is 10.7. The van der Waals surface area contributed by atoms with Crippen molar-refractivity contribution in [1.29, 1.82) is 0 Å². The maximum atomic E-state index is 11.6. The van der Waals surface area contributed by atoms with Gasteiger partial charge in [0.2, 0.25) is 5.91 Å². The van der Waals surface area contributed by atoms with Gasteiger partial charge in [-0.05, 0) is 44.6 Å². The van der Waals surface area contributed by atoms with Gasteiger partial charge in [-0.2, -0.15) is 0 Å². The Morgan fingerprint density at radius 3 is 2.70 bits per heavy atom. The van der Waals surface area contributed by atoms with E-state index in [2.05, 4.69) is 5.32 Å². The Kier molecular flexibility index (Phi) is 11.9. The van der Waals surface area contributed by atoms with E-state index in [0.717, 1.165) is 19.3 Å². The second kappa shape index (κ2) is 14.7. The van der Waals surface area contributed by atoms with Crippen molar-refractivity contribution in [2.45, 2.75) is 77.1 Å². The molecule has 0 aromatic heterocycles. The first-order valence-corrected chi connectivity index (χ1v) is 12.1. The quantitative estimate of drug-likeness (QED) is 0.238. The zero-order chi connectivity index (χ0) is 24.1. The van der Waals surface area contributed by atoms with Crippen LogP contribution in [0, 0.1) is 11.8 Å². The first-order chi connectivity index (χ1) is 15.9. The second-order valence-electron chi connectivity index (χ2n) is 8.72. The Hall–Kier alpha value is -2.44. The highest BCUT2D eigenvalue weighted by Crippen LogP contribution is 2.38. The lowest BCUT2D eigenvalue weighted by Gasteiger charge is -2.22. The zero-order valence-electron chi connectivity index (χ0n) is 19.9. The Morgan fingerprint density at radius 2 is 2.00 bits per heavy atom. The van der Waals surface area contributed by atoms with Gasteiger partial charge in [0, 0.05) is 38.1 Å². The van der Waals surface area contributed by atoms with Crippen molar-refractivity contribution in [3.05, 3.63) is 60.2 Å². The largest absolute Gasteiger partial charge is 0.462 e. The summed E-state index contributed by atoms with van der Waals surface area (Å²) in [6.45, 7) is 3.93. The molecular weight excluding hydrogens is 418 g/mol. The molecule has 1 fully saturated rings. The molecule has 1 amide bonds. The van der Waals surface area contributed by atoms with E-state index in [1.165, 1.54) is 12.5 Å². The summed E-state index contributed by atoms with van der Waals surface area (Å²) < 4.78 is 5.49. The zero-order valence-corrected chi connectivity index (χ0v) is 19.9. The molecule has 1 aliphatic rings. The van der Waals surface area contributed by atoms with E-state index < -0.39 is 12.2 Å². The van der Waals surface area contributed by atoms with Crippen molar-refractivity contribution >= 4 is 11.9 Å². The molecule has 0 spiro atoms. The van der Waals surface area contributed by atoms with E-state index in [4.69, 9.17) is 4.74 Å². The summed E-state index contributed by atoms with van der Waals surface area (Å²) in [7, 11) is 0. The lowest BCUT2D eigenvalue weighted by molar-refractivity contribution is -0.148. The van der Waals surface area contributed by atoms with Gasteiger partial charge in [0.25, 0.3) is 0 Å². The van der Waals surface area contributed by atoms with Crippen molar-refractivity contribution in [1.82, 2.24) is 5.32 Å². The van der Waals surface area contributed by atoms with Crippen molar-refractivity contribution in [3.63, 3.8) is 0 Å². The van der Waals surface area contributed by atoms with Crippen LogP contribution in [0.3, 0.4) is 0 Å². The Bertz CT molecular complexity index is 776. The number of esters is 1. The smallest absolute Gasteiger partial charge is 0.302 e. The number of amides is 1. The topological polar surface area (TPSA) is 95.9 Å². The fourth-order valence-electron chi connectivity index (χ4n) is 4.38. The van der Waals surface area contributed by atoms with E-state index in [9.17, 15) is 19.8 Å². The predicted molar refractivity (Wildman–Crippen MR) is 129 cm³/mol. The monoisotopic (exact) mass is 457 g/mol. The van der Waals surface area contributed by atoms with Crippen molar-refractivity contribution in [2.75, 3.05) is 6.54 Å². The molecule has 6 heteroatoms. The van der Waals surface area contributed by atoms with Gasteiger partial charge in [0.05, 0.1) is 12.2 Å². The molecule has 0 saturated heterocycles. The summed E-state index contributed by atoms with van der Waals surface area (Å²) >= 11 is 0. The summed E-state index contributed by atoms with van der Waals surface area (Å²) in [5, 5.41) is 23.8. The normalized spacial score (nSPS) is 23.8. The van der Waals surface area contributed by atoms with Crippen LogP contribution < -0.4 is 5.32 Å². The molecule has 0 radical (unpaired) electrons. The molecule has 0 unspecified atom stereocenters. The van der Waals surface area contributed by atoms with Gasteiger partial charge in [-0.15, -0.1) is 0 Å². The van der Waals surface area contributed by atoms with Gasteiger partial charge in [-0.1, -0.05) is 54.6 Å². The highest BCUT2D eigenvalue weighted by Gasteiger charge is 2.42. The molecule has 0 heterocycles. The van der Waals surface area contributed by atoms with E-state index in [1.54, 1.807) is 6.08 Å². The SMILES string of the molecule is CCNC(=O)CCC/C=C\C[C@@H]1[C@@H](/C=C/[C@@H](O)CCc2ccccc2)[C@H](O)C[C@@H]1OC(C)=O. The third-order valence-corrected chi connectivity index (χ3v) is 6.06. The van der Waals surface area contributed by atoms with Crippen molar-refractivity contribution in [2.24, 2.45) is 11.8 Å². The Morgan fingerprint density at radius 1 is 1.24 bits per heavy atom. The standard InChI is InChI=1S/C27H39NO5/c1-3-28-27(32)14-10-5-4-9-13-24-23(25(31)19-26(24)33-20(2)29)18-17-22(30)16-15-21-11-7-6-8-12-21/h4,6-9,11-12,17-18,22-26,30-31H,3,5,10,13-16,19H2,1-2H3,(H,28,32)/b9-4-,18-17+/t22-,23+,24+,25+,26-/m0/s1. The number of benzene rings is 1. The molecule has 0 bridgehead atoms. The van der Waals surface area contributed by atoms with Crippen LogP contribution in [0.4, 0.5) is 0 Å². The molecule has 1 aromatic carbocycles. The van der Waals surface area contributed by atoms with Gasteiger partial charge in [-0.3, -0.25) is 9.59 Å². The van der Waals surface area contributed by atoms with Crippen LogP contribution in [0.5, 0.6) is 0 Å². The molecule has 0 aliphatic heterocycles. The molecule has 33 heavy (non-hydrogen) atoms. The van der Waals surface area contributed by atoms with Crippen LogP contribution in [-0.2, 0) is 20.7 Å². The number of carbonyl (C=O) groups excluding carboxylic acids is 2. The lowest BCUT2D eigenvalue weighted by Crippen LogP contribution is -2.24. The Labute approximate surface area is 197 Å². The summed E-state index contributed by atoms with van der Waals surface area (Å²) in [5.74, 6) is -0.534. The highest BCUT2D eigenvalue weighted by atomic mass is 16.5. The fourth-order valence-corrected chi connectivity index (χ4v) is 4.38. The van der Waals surface area contributed by atoms with Crippen LogP contribution in [-0.4, -0.2) is 46.9 Å². The maximum absolute atomic E-state index is 11.6. The van der Waals surface area contributed by atoms with Crippen LogP contribution in [0.1, 0.15) is 57.9 Å². The minimum atomic E-state index is -0.622. The molecule has 5 atom stereocenters. The number of allylic oxidation sites excluding steroid dienone is 2.